The van der Waals surface area contributed by atoms with Crippen LogP contribution in [-0.4, -0.2) is 10.9 Å². The molecule has 0 amide bonds. The van der Waals surface area contributed by atoms with E-state index in [0.717, 1.165) is 18.4 Å². The predicted octanol–water partition coefficient (Wildman–Crippen LogP) is 2.40. The number of phenolic OH excluding ortho intramolecular Hbond substituents is 1. The summed E-state index contributed by atoms with van der Waals surface area (Å²) in [6.45, 7) is 1.55. The number of carbonyl (C=O) groups is 1. The van der Waals surface area contributed by atoms with Crippen molar-refractivity contribution in [1.29, 1.82) is 0 Å². The van der Waals surface area contributed by atoms with E-state index in [1.807, 2.05) is 12.1 Å². The minimum Gasteiger partial charge on any atom is -0.508 e. The monoisotopic (exact) mass is 204 g/mol. The highest BCUT2D eigenvalue weighted by atomic mass is 16.3. The number of rotatable bonds is 2. The Bertz CT molecular complexity index is 394. The van der Waals surface area contributed by atoms with Crippen molar-refractivity contribution in [3.05, 3.63) is 28.8 Å². The molecule has 2 heteroatoms. The van der Waals surface area contributed by atoms with Gasteiger partial charge in [-0.25, -0.2) is 0 Å². The summed E-state index contributed by atoms with van der Waals surface area (Å²) in [5.41, 5.74) is 3.35. The van der Waals surface area contributed by atoms with E-state index in [1.165, 1.54) is 24.0 Å². The summed E-state index contributed by atoms with van der Waals surface area (Å²) < 4.78 is 0. The van der Waals surface area contributed by atoms with Crippen molar-refractivity contribution < 1.29 is 9.90 Å². The van der Waals surface area contributed by atoms with Crippen molar-refractivity contribution in [2.75, 3.05) is 0 Å². The lowest BCUT2D eigenvalue weighted by atomic mass is 9.89. The van der Waals surface area contributed by atoms with Crippen LogP contribution >= 0.6 is 0 Å². The van der Waals surface area contributed by atoms with Crippen LogP contribution in [0.1, 0.15) is 36.5 Å². The van der Waals surface area contributed by atoms with Gasteiger partial charge >= 0.3 is 0 Å². The first-order chi connectivity index (χ1) is 7.16. The fraction of sp³-hybridized carbons (Fsp3) is 0.462. The molecule has 1 aliphatic rings. The summed E-state index contributed by atoms with van der Waals surface area (Å²) in [5, 5.41) is 9.76. The fourth-order valence-corrected chi connectivity index (χ4v) is 2.23. The Labute approximate surface area is 89.9 Å². The van der Waals surface area contributed by atoms with Gasteiger partial charge in [0.2, 0.25) is 0 Å². The molecule has 0 saturated carbocycles. The van der Waals surface area contributed by atoms with Gasteiger partial charge in [0.25, 0.3) is 0 Å². The standard InChI is InChI=1S/C13H16O2/c1-9(14)6-12-7-10-4-2-3-5-11(10)8-13(12)15/h7-8,15H,2-6H2,1H3. The first-order valence-corrected chi connectivity index (χ1v) is 5.50. The van der Waals surface area contributed by atoms with E-state index < -0.39 is 0 Å². The van der Waals surface area contributed by atoms with Gasteiger partial charge in [-0.2, -0.15) is 0 Å². The zero-order valence-corrected chi connectivity index (χ0v) is 9.05. The molecule has 1 aromatic carbocycles. The van der Waals surface area contributed by atoms with E-state index in [9.17, 15) is 9.90 Å². The fourth-order valence-electron chi connectivity index (χ4n) is 2.23. The Morgan fingerprint density at radius 1 is 1.27 bits per heavy atom. The first kappa shape index (κ1) is 10.2. The molecule has 0 fully saturated rings. The number of ketones is 1. The van der Waals surface area contributed by atoms with Gasteiger partial charge in [0.05, 0.1) is 0 Å². The van der Waals surface area contributed by atoms with Crippen LogP contribution in [0.3, 0.4) is 0 Å². The van der Waals surface area contributed by atoms with Crippen molar-refractivity contribution in [2.24, 2.45) is 0 Å². The van der Waals surface area contributed by atoms with Crippen molar-refractivity contribution >= 4 is 5.78 Å². The van der Waals surface area contributed by atoms with Crippen molar-refractivity contribution in [2.45, 2.75) is 39.0 Å². The van der Waals surface area contributed by atoms with Crippen molar-refractivity contribution in [1.82, 2.24) is 0 Å². The van der Waals surface area contributed by atoms with Crippen LogP contribution < -0.4 is 0 Å². The maximum absolute atomic E-state index is 11.0. The van der Waals surface area contributed by atoms with Gasteiger partial charge < -0.3 is 5.11 Å². The van der Waals surface area contributed by atoms with Gasteiger partial charge in [-0.1, -0.05) is 6.07 Å². The largest absolute Gasteiger partial charge is 0.508 e. The van der Waals surface area contributed by atoms with Crippen LogP contribution in [0.25, 0.3) is 0 Å². The van der Waals surface area contributed by atoms with Crippen molar-refractivity contribution in [3.8, 4) is 5.75 Å². The number of hydrogen-bond acceptors (Lipinski definition) is 2. The molecule has 0 aromatic heterocycles. The molecule has 15 heavy (non-hydrogen) atoms. The molecule has 2 rings (SSSR count). The molecule has 80 valence electrons. The SMILES string of the molecule is CC(=O)Cc1cc2c(cc1O)CCCC2. The summed E-state index contributed by atoms with van der Waals surface area (Å²) in [5.74, 6) is 0.381. The molecule has 0 unspecified atom stereocenters. The molecule has 0 saturated heterocycles. The maximum atomic E-state index is 11.0. The molecule has 0 bridgehead atoms. The Morgan fingerprint density at radius 3 is 2.47 bits per heavy atom. The maximum Gasteiger partial charge on any atom is 0.134 e. The van der Waals surface area contributed by atoms with E-state index in [-0.39, 0.29) is 11.5 Å². The number of phenols is 1. The second kappa shape index (κ2) is 4.05. The number of hydrogen-bond donors (Lipinski definition) is 1. The molecule has 1 aliphatic carbocycles. The number of aryl methyl sites for hydroxylation is 2. The molecule has 1 N–H and O–H groups in total. The summed E-state index contributed by atoms with van der Waals surface area (Å²) in [6.07, 6.45) is 4.92. The van der Waals surface area contributed by atoms with Gasteiger partial charge in [0.15, 0.2) is 0 Å². The summed E-state index contributed by atoms with van der Waals surface area (Å²) in [4.78, 5) is 11.0. The summed E-state index contributed by atoms with van der Waals surface area (Å²) >= 11 is 0. The average molecular weight is 204 g/mol. The van der Waals surface area contributed by atoms with Crippen LogP contribution in [0.4, 0.5) is 0 Å². The highest BCUT2D eigenvalue weighted by Gasteiger charge is 2.13. The van der Waals surface area contributed by atoms with Crippen molar-refractivity contribution in [3.63, 3.8) is 0 Å². The molecule has 0 radical (unpaired) electrons. The van der Waals surface area contributed by atoms with Gasteiger partial charge in [0, 0.05) is 12.0 Å². The minimum absolute atomic E-state index is 0.0982. The molecule has 0 aliphatic heterocycles. The lowest BCUT2D eigenvalue weighted by Gasteiger charge is -2.17. The van der Waals surface area contributed by atoms with Crippen LogP contribution in [0, 0.1) is 0 Å². The number of fused-ring (bicyclic) bond motifs is 1. The molecular formula is C13H16O2. The smallest absolute Gasteiger partial charge is 0.134 e. The number of carbonyl (C=O) groups excluding carboxylic acids is 1. The van der Waals surface area contributed by atoms with E-state index in [1.54, 1.807) is 6.92 Å². The number of aromatic hydroxyl groups is 1. The Morgan fingerprint density at radius 2 is 1.87 bits per heavy atom. The highest BCUT2D eigenvalue weighted by Crippen LogP contribution is 2.28. The highest BCUT2D eigenvalue weighted by molar-refractivity contribution is 5.79. The zero-order chi connectivity index (χ0) is 10.8. The van der Waals surface area contributed by atoms with E-state index in [2.05, 4.69) is 0 Å². The lowest BCUT2D eigenvalue weighted by Crippen LogP contribution is -2.05. The third kappa shape index (κ3) is 2.20. The third-order valence-electron chi connectivity index (χ3n) is 2.98. The van der Waals surface area contributed by atoms with Crippen LogP contribution in [0.5, 0.6) is 5.75 Å². The molecule has 1 aromatic rings. The second-order valence-electron chi connectivity index (χ2n) is 4.34. The predicted molar refractivity (Wildman–Crippen MR) is 59.1 cm³/mol. The molecule has 0 spiro atoms. The van der Waals surface area contributed by atoms with Gasteiger partial charge in [-0.05, 0) is 49.8 Å². The second-order valence-corrected chi connectivity index (χ2v) is 4.34. The van der Waals surface area contributed by atoms with Gasteiger partial charge in [-0.15, -0.1) is 0 Å². The third-order valence-corrected chi connectivity index (χ3v) is 2.98. The normalized spacial score (nSPS) is 14.7. The van der Waals surface area contributed by atoms with E-state index in [4.69, 9.17) is 0 Å². The van der Waals surface area contributed by atoms with Gasteiger partial charge in [-0.3, -0.25) is 4.79 Å². The number of benzene rings is 1. The Kier molecular flexibility index (Phi) is 2.76. The quantitative estimate of drug-likeness (QED) is 0.803. The zero-order valence-electron chi connectivity index (χ0n) is 9.05. The summed E-state index contributed by atoms with van der Waals surface area (Å²) in [6, 6.07) is 3.85. The first-order valence-electron chi connectivity index (χ1n) is 5.50. The van der Waals surface area contributed by atoms with Crippen LogP contribution in [0.15, 0.2) is 12.1 Å². The Balaban J connectivity index is 2.36. The van der Waals surface area contributed by atoms with Crippen LogP contribution in [-0.2, 0) is 24.1 Å². The molecule has 0 atom stereocenters. The lowest BCUT2D eigenvalue weighted by molar-refractivity contribution is -0.116. The van der Waals surface area contributed by atoms with Gasteiger partial charge in [0.1, 0.15) is 11.5 Å². The Hall–Kier alpha value is -1.31. The molecular weight excluding hydrogens is 188 g/mol. The summed E-state index contributed by atoms with van der Waals surface area (Å²) in [7, 11) is 0. The van der Waals surface area contributed by atoms with Crippen LogP contribution in [0.2, 0.25) is 0 Å². The minimum atomic E-state index is 0.0982. The number of Topliss-reactive ketones (excluding diaryl/α,β-unsaturated/α-hetero) is 1. The topological polar surface area (TPSA) is 37.3 Å². The average Bonchev–Trinajstić information content (AvgIpc) is 2.18. The van der Waals surface area contributed by atoms with E-state index in [0.29, 0.717) is 6.42 Å². The molecule has 2 nitrogen and oxygen atoms in total. The van der Waals surface area contributed by atoms with E-state index >= 15 is 0 Å². The molecule has 0 heterocycles.